The second-order valence-electron chi connectivity index (χ2n) is 3.43. The summed E-state index contributed by atoms with van der Waals surface area (Å²) in [5.41, 5.74) is 0.811. The highest BCUT2D eigenvalue weighted by atomic mass is 35.5. The highest BCUT2D eigenvalue weighted by Crippen LogP contribution is 2.36. The molecule has 0 aliphatic carbocycles. The zero-order chi connectivity index (χ0) is 11.6. The normalized spacial score (nSPS) is 18.7. The van der Waals surface area contributed by atoms with Gasteiger partial charge in [0.05, 0.1) is 31.2 Å². The molecular weight excluding hydrogens is 251 g/mol. The highest BCUT2D eigenvalue weighted by Gasteiger charge is 2.38. The van der Waals surface area contributed by atoms with Crippen LogP contribution in [0, 0.1) is 0 Å². The lowest BCUT2D eigenvalue weighted by Crippen LogP contribution is -2.29. The standard InChI is InChI=1S/C11H12Cl2O3/c1-14-10-3-2-8(6-9(10)13)11(7-12)15-4-5-16-11/h2-3,6H,4-5,7H2,1H3. The van der Waals surface area contributed by atoms with Crippen molar-refractivity contribution in [2.75, 3.05) is 26.2 Å². The van der Waals surface area contributed by atoms with Crippen LogP contribution in [0.2, 0.25) is 5.02 Å². The van der Waals surface area contributed by atoms with Crippen LogP contribution in [-0.2, 0) is 15.3 Å². The van der Waals surface area contributed by atoms with Gasteiger partial charge in [-0.05, 0) is 18.2 Å². The van der Waals surface area contributed by atoms with Gasteiger partial charge in [0.25, 0.3) is 0 Å². The number of ether oxygens (including phenoxy) is 3. The Bertz CT molecular complexity index is 375. The van der Waals surface area contributed by atoms with E-state index in [-0.39, 0.29) is 5.88 Å². The molecule has 5 heteroatoms. The summed E-state index contributed by atoms with van der Waals surface area (Å²) in [6, 6.07) is 5.38. The van der Waals surface area contributed by atoms with Gasteiger partial charge in [-0.25, -0.2) is 0 Å². The zero-order valence-corrected chi connectivity index (χ0v) is 10.3. The zero-order valence-electron chi connectivity index (χ0n) is 8.83. The van der Waals surface area contributed by atoms with Gasteiger partial charge in [-0.1, -0.05) is 11.6 Å². The fraction of sp³-hybridized carbons (Fsp3) is 0.455. The third-order valence-electron chi connectivity index (χ3n) is 2.52. The molecular formula is C11H12Cl2O3. The van der Waals surface area contributed by atoms with Gasteiger partial charge in [0.2, 0.25) is 5.79 Å². The van der Waals surface area contributed by atoms with E-state index in [1.54, 1.807) is 19.2 Å². The number of hydrogen-bond donors (Lipinski definition) is 0. The van der Waals surface area contributed by atoms with Crippen LogP contribution in [0.4, 0.5) is 0 Å². The summed E-state index contributed by atoms with van der Waals surface area (Å²) in [7, 11) is 1.57. The monoisotopic (exact) mass is 262 g/mol. The Labute approximate surface area is 104 Å². The predicted molar refractivity (Wildman–Crippen MR) is 62.3 cm³/mol. The van der Waals surface area contributed by atoms with Crippen LogP contribution in [0.25, 0.3) is 0 Å². The number of rotatable bonds is 3. The van der Waals surface area contributed by atoms with Crippen LogP contribution < -0.4 is 4.74 Å². The van der Waals surface area contributed by atoms with E-state index in [4.69, 9.17) is 37.4 Å². The Morgan fingerprint density at radius 3 is 2.56 bits per heavy atom. The van der Waals surface area contributed by atoms with Gasteiger partial charge in [0.15, 0.2) is 0 Å². The minimum absolute atomic E-state index is 0.232. The van der Waals surface area contributed by atoms with Gasteiger partial charge >= 0.3 is 0 Å². The third-order valence-corrected chi connectivity index (χ3v) is 3.17. The van der Waals surface area contributed by atoms with Crippen molar-refractivity contribution in [3.8, 4) is 5.75 Å². The van der Waals surface area contributed by atoms with E-state index < -0.39 is 5.79 Å². The molecule has 1 aliphatic rings. The topological polar surface area (TPSA) is 27.7 Å². The molecule has 1 aromatic rings. The summed E-state index contributed by atoms with van der Waals surface area (Å²) >= 11 is 11.9. The Hall–Kier alpha value is -0.480. The number of alkyl halides is 1. The molecule has 0 N–H and O–H groups in total. The van der Waals surface area contributed by atoms with Crippen LogP contribution in [0.1, 0.15) is 5.56 Å². The first-order valence-corrected chi connectivity index (χ1v) is 5.81. The second-order valence-corrected chi connectivity index (χ2v) is 4.11. The van der Waals surface area contributed by atoms with Crippen molar-refractivity contribution in [1.82, 2.24) is 0 Å². The lowest BCUT2D eigenvalue weighted by atomic mass is 10.1. The summed E-state index contributed by atoms with van der Waals surface area (Å²) in [5.74, 6) is -0.0132. The fourth-order valence-corrected chi connectivity index (χ4v) is 2.25. The first-order valence-electron chi connectivity index (χ1n) is 4.90. The fourth-order valence-electron chi connectivity index (χ4n) is 1.68. The van der Waals surface area contributed by atoms with E-state index in [0.29, 0.717) is 24.0 Å². The maximum atomic E-state index is 6.05. The molecule has 16 heavy (non-hydrogen) atoms. The molecule has 2 rings (SSSR count). The number of halogens is 2. The summed E-state index contributed by atoms with van der Waals surface area (Å²) in [5, 5.41) is 0.517. The molecule has 0 aromatic heterocycles. The van der Waals surface area contributed by atoms with E-state index in [0.717, 1.165) is 5.56 Å². The maximum Gasteiger partial charge on any atom is 0.209 e. The van der Waals surface area contributed by atoms with Crippen molar-refractivity contribution in [2.45, 2.75) is 5.79 Å². The molecule has 0 amide bonds. The smallest absolute Gasteiger partial charge is 0.209 e. The molecule has 1 fully saturated rings. The van der Waals surface area contributed by atoms with Gasteiger partial charge in [0, 0.05) is 5.56 Å². The first kappa shape index (κ1) is 12.0. The van der Waals surface area contributed by atoms with Crippen LogP contribution in [0.5, 0.6) is 5.75 Å². The van der Waals surface area contributed by atoms with Crippen LogP contribution in [0.15, 0.2) is 18.2 Å². The summed E-state index contributed by atoms with van der Waals surface area (Å²) < 4.78 is 16.2. The molecule has 0 atom stereocenters. The van der Waals surface area contributed by atoms with E-state index in [9.17, 15) is 0 Å². The van der Waals surface area contributed by atoms with E-state index >= 15 is 0 Å². The number of hydrogen-bond acceptors (Lipinski definition) is 3. The maximum absolute atomic E-state index is 6.05. The van der Waals surface area contributed by atoms with Crippen molar-refractivity contribution in [3.05, 3.63) is 28.8 Å². The lowest BCUT2D eigenvalue weighted by molar-refractivity contribution is -0.146. The van der Waals surface area contributed by atoms with Crippen LogP contribution in [0.3, 0.4) is 0 Å². The average Bonchev–Trinajstić information content (AvgIpc) is 2.78. The van der Waals surface area contributed by atoms with Crippen molar-refractivity contribution >= 4 is 23.2 Å². The number of methoxy groups -OCH3 is 1. The van der Waals surface area contributed by atoms with Gasteiger partial charge in [-0.3, -0.25) is 0 Å². The van der Waals surface area contributed by atoms with E-state index in [2.05, 4.69) is 0 Å². The van der Waals surface area contributed by atoms with Gasteiger partial charge < -0.3 is 14.2 Å². The van der Waals surface area contributed by atoms with E-state index in [1.807, 2.05) is 6.07 Å². The Balaban J connectivity index is 2.36. The summed E-state index contributed by atoms with van der Waals surface area (Å²) in [6.45, 7) is 1.08. The molecule has 0 radical (unpaired) electrons. The second kappa shape index (κ2) is 4.80. The van der Waals surface area contributed by atoms with Crippen LogP contribution >= 0.6 is 23.2 Å². The van der Waals surface area contributed by atoms with Crippen molar-refractivity contribution < 1.29 is 14.2 Å². The molecule has 0 unspecified atom stereocenters. The molecule has 0 saturated carbocycles. The SMILES string of the molecule is COc1ccc(C2(CCl)OCCO2)cc1Cl. The molecule has 1 aromatic carbocycles. The van der Waals surface area contributed by atoms with Gasteiger partial charge in [-0.15, -0.1) is 11.6 Å². The Kier molecular flexibility index (Phi) is 3.60. The summed E-state index contributed by atoms with van der Waals surface area (Å²) in [4.78, 5) is 0. The molecule has 1 aliphatic heterocycles. The highest BCUT2D eigenvalue weighted by molar-refractivity contribution is 6.32. The Morgan fingerprint density at radius 1 is 1.38 bits per heavy atom. The van der Waals surface area contributed by atoms with Crippen molar-refractivity contribution in [2.24, 2.45) is 0 Å². The molecule has 1 saturated heterocycles. The predicted octanol–water partition coefficient (Wildman–Crippen LogP) is 2.79. The van der Waals surface area contributed by atoms with Gasteiger partial charge in [0.1, 0.15) is 5.75 Å². The average molecular weight is 263 g/mol. The molecule has 0 spiro atoms. The van der Waals surface area contributed by atoms with E-state index in [1.165, 1.54) is 0 Å². The quantitative estimate of drug-likeness (QED) is 0.785. The molecule has 1 heterocycles. The first-order chi connectivity index (χ1) is 7.72. The largest absolute Gasteiger partial charge is 0.495 e. The van der Waals surface area contributed by atoms with Crippen LogP contribution in [-0.4, -0.2) is 26.2 Å². The summed E-state index contributed by atoms with van der Waals surface area (Å²) in [6.07, 6.45) is 0. The minimum atomic E-state index is -0.864. The van der Waals surface area contributed by atoms with Crippen molar-refractivity contribution in [3.63, 3.8) is 0 Å². The van der Waals surface area contributed by atoms with Crippen molar-refractivity contribution in [1.29, 1.82) is 0 Å². The van der Waals surface area contributed by atoms with Gasteiger partial charge in [-0.2, -0.15) is 0 Å². The lowest BCUT2D eigenvalue weighted by Gasteiger charge is -2.25. The third kappa shape index (κ3) is 2.00. The molecule has 88 valence electrons. The molecule has 3 nitrogen and oxygen atoms in total. The Morgan fingerprint density at radius 2 is 2.06 bits per heavy atom. The molecule has 0 bridgehead atoms. The number of benzene rings is 1. The minimum Gasteiger partial charge on any atom is -0.495 e.